The molecule has 3 atom stereocenters. The number of carbonyl (C=O) groups is 1. The molecule has 3 unspecified atom stereocenters. The molecular weight excluding hydrogens is 378 g/mol. The van der Waals surface area contributed by atoms with Crippen LogP contribution in [0.2, 0.25) is 5.02 Å². The van der Waals surface area contributed by atoms with E-state index in [0.717, 1.165) is 29.3 Å². The third kappa shape index (κ3) is 3.85. The Morgan fingerprint density at radius 2 is 2.04 bits per heavy atom. The molecule has 2 fully saturated rings. The monoisotopic (exact) mass is 405 g/mol. The number of aromatic nitrogens is 2. The first-order valence-corrected chi connectivity index (χ1v) is 10.4. The van der Waals surface area contributed by atoms with Gasteiger partial charge in [-0.2, -0.15) is 5.10 Å². The van der Waals surface area contributed by atoms with Gasteiger partial charge in [-0.3, -0.25) is 5.10 Å². The van der Waals surface area contributed by atoms with E-state index in [2.05, 4.69) is 10.2 Å². The lowest BCUT2D eigenvalue weighted by Gasteiger charge is -2.39. The fourth-order valence-electron chi connectivity index (χ4n) is 4.89. The predicted molar refractivity (Wildman–Crippen MR) is 108 cm³/mol. The van der Waals surface area contributed by atoms with Crippen molar-refractivity contribution in [3.8, 4) is 0 Å². The molecule has 1 saturated carbocycles. The van der Waals surface area contributed by atoms with Crippen LogP contribution in [0, 0.1) is 17.8 Å². The minimum Gasteiger partial charge on any atom is -0.444 e. The Kier molecular flexibility index (Phi) is 5.04. The molecule has 2 aromatic rings. The van der Waals surface area contributed by atoms with Gasteiger partial charge in [0, 0.05) is 29.1 Å². The molecule has 2 N–H and O–H groups in total. The maximum absolute atomic E-state index is 12.5. The normalized spacial score (nSPS) is 25.9. The van der Waals surface area contributed by atoms with Crippen molar-refractivity contribution < 1.29 is 14.6 Å². The number of hydrogen-bond acceptors (Lipinski definition) is 4. The second-order valence-electron chi connectivity index (χ2n) is 9.23. The third-order valence-electron chi connectivity index (χ3n) is 6.08. The molecule has 0 radical (unpaired) electrons. The first kappa shape index (κ1) is 19.5. The molecule has 1 amide bonds. The van der Waals surface area contributed by atoms with Crippen molar-refractivity contribution in [1.29, 1.82) is 0 Å². The molecule has 1 aromatic carbocycles. The topological polar surface area (TPSA) is 78.4 Å². The van der Waals surface area contributed by atoms with Gasteiger partial charge in [-0.25, -0.2) is 4.79 Å². The molecule has 28 heavy (non-hydrogen) atoms. The number of aromatic amines is 1. The molecule has 0 spiro atoms. The average molecular weight is 406 g/mol. The van der Waals surface area contributed by atoms with Gasteiger partial charge in [0.15, 0.2) is 0 Å². The number of rotatable bonds is 3. The second-order valence-corrected chi connectivity index (χ2v) is 9.66. The predicted octanol–water partition coefficient (Wildman–Crippen LogP) is 4.53. The van der Waals surface area contributed by atoms with Crippen LogP contribution in [0.5, 0.6) is 0 Å². The molecular formula is C21H28ClN3O3. The molecule has 152 valence electrons. The highest BCUT2D eigenvalue weighted by Crippen LogP contribution is 2.46. The molecule has 7 heteroatoms. The van der Waals surface area contributed by atoms with E-state index in [9.17, 15) is 9.90 Å². The quantitative estimate of drug-likeness (QED) is 0.786. The minimum atomic E-state index is -0.608. The Hall–Kier alpha value is -1.79. The molecule has 2 aliphatic rings. The molecule has 2 bridgehead atoms. The maximum atomic E-state index is 12.5. The lowest BCUT2D eigenvalue weighted by molar-refractivity contribution is 0.00245. The number of halogens is 1. The van der Waals surface area contributed by atoms with Crippen LogP contribution < -0.4 is 0 Å². The van der Waals surface area contributed by atoms with Crippen molar-refractivity contribution in [3.05, 3.63) is 28.9 Å². The standard InChI is InChI=1S/C21H28ClN3O3/c1-21(2,3)28-20(27)25-10-12-4-5-13(11-25)16(12)8-18(26)17-7-15(22)6-14-9-23-24-19(14)17/h6-7,9,12-13,16,18,26H,4-5,8,10-11H2,1-3H3,(H,23,24). The van der Waals surface area contributed by atoms with Crippen LogP contribution in [0.25, 0.3) is 10.9 Å². The number of H-pyrrole nitrogens is 1. The summed E-state index contributed by atoms with van der Waals surface area (Å²) in [5, 5.41) is 19.6. The van der Waals surface area contributed by atoms with E-state index in [1.165, 1.54) is 0 Å². The smallest absolute Gasteiger partial charge is 0.410 e. The van der Waals surface area contributed by atoms with Crippen molar-refractivity contribution in [2.45, 2.75) is 51.7 Å². The highest BCUT2D eigenvalue weighted by Gasteiger charge is 2.44. The summed E-state index contributed by atoms with van der Waals surface area (Å²) in [5.41, 5.74) is 1.16. The van der Waals surface area contributed by atoms with E-state index >= 15 is 0 Å². The average Bonchev–Trinajstić information content (AvgIpc) is 3.13. The van der Waals surface area contributed by atoms with Crippen LogP contribution in [0.15, 0.2) is 18.3 Å². The van der Waals surface area contributed by atoms with Gasteiger partial charge >= 0.3 is 6.09 Å². The van der Waals surface area contributed by atoms with E-state index in [-0.39, 0.29) is 6.09 Å². The van der Waals surface area contributed by atoms with Gasteiger partial charge in [-0.15, -0.1) is 0 Å². The van der Waals surface area contributed by atoms with Crippen LogP contribution in [-0.2, 0) is 4.74 Å². The number of amides is 1. The van der Waals surface area contributed by atoms with Crippen LogP contribution in [-0.4, -0.2) is 45.0 Å². The van der Waals surface area contributed by atoms with Crippen molar-refractivity contribution in [1.82, 2.24) is 15.1 Å². The minimum absolute atomic E-state index is 0.225. The highest BCUT2D eigenvalue weighted by atomic mass is 35.5. The lowest BCUT2D eigenvalue weighted by atomic mass is 9.80. The molecule has 2 heterocycles. The van der Waals surface area contributed by atoms with Gasteiger partial charge in [0.1, 0.15) is 5.60 Å². The lowest BCUT2D eigenvalue weighted by Crippen LogP contribution is -2.47. The van der Waals surface area contributed by atoms with E-state index in [1.54, 1.807) is 6.20 Å². The zero-order chi connectivity index (χ0) is 20.1. The summed E-state index contributed by atoms with van der Waals surface area (Å²) in [7, 11) is 0. The van der Waals surface area contributed by atoms with Crippen molar-refractivity contribution in [2.24, 2.45) is 17.8 Å². The number of benzene rings is 1. The summed E-state index contributed by atoms with van der Waals surface area (Å²) in [6.07, 6.45) is 3.75. The summed E-state index contributed by atoms with van der Waals surface area (Å²) in [6.45, 7) is 7.09. The molecule has 1 saturated heterocycles. The van der Waals surface area contributed by atoms with Crippen molar-refractivity contribution in [3.63, 3.8) is 0 Å². The summed E-state index contributed by atoms with van der Waals surface area (Å²) >= 11 is 6.23. The summed E-state index contributed by atoms with van der Waals surface area (Å²) < 4.78 is 5.55. The Morgan fingerprint density at radius 3 is 2.68 bits per heavy atom. The van der Waals surface area contributed by atoms with Crippen molar-refractivity contribution >= 4 is 28.6 Å². The Bertz CT molecular complexity index is 861. The number of aliphatic hydroxyl groups excluding tert-OH is 1. The number of hydrogen-bond donors (Lipinski definition) is 2. The molecule has 1 aliphatic heterocycles. The maximum Gasteiger partial charge on any atom is 0.410 e. The van der Waals surface area contributed by atoms with E-state index < -0.39 is 11.7 Å². The fourth-order valence-corrected chi connectivity index (χ4v) is 5.13. The Morgan fingerprint density at radius 1 is 1.36 bits per heavy atom. The largest absolute Gasteiger partial charge is 0.444 e. The first-order chi connectivity index (χ1) is 13.2. The highest BCUT2D eigenvalue weighted by molar-refractivity contribution is 6.31. The summed E-state index contributed by atoms with van der Waals surface area (Å²) in [5.74, 6) is 1.19. The van der Waals surface area contributed by atoms with E-state index in [0.29, 0.717) is 42.3 Å². The molecule has 6 nitrogen and oxygen atoms in total. The number of carbonyl (C=O) groups excluding carboxylic acids is 1. The Balaban J connectivity index is 1.46. The van der Waals surface area contributed by atoms with Crippen LogP contribution >= 0.6 is 11.6 Å². The molecule has 1 aromatic heterocycles. The van der Waals surface area contributed by atoms with Gasteiger partial charge < -0.3 is 14.7 Å². The molecule has 4 rings (SSSR count). The van der Waals surface area contributed by atoms with Gasteiger partial charge in [-0.05, 0) is 69.9 Å². The molecule has 1 aliphatic carbocycles. The number of aliphatic hydroxyl groups is 1. The van der Waals surface area contributed by atoms with Gasteiger partial charge in [-0.1, -0.05) is 11.6 Å². The second kappa shape index (κ2) is 7.23. The first-order valence-electron chi connectivity index (χ1n) is 10.00. The van der Waals surface area contributed by atoms with Crippen LogP contribution in [0.1, 0.15) is 51.7 Å². The number of likely N-dealkylation sites (tertiary alicyclic amines) is 1. The Labute approximate surface area is 170 Å². The zero-order valence-electron chi connectivity index (χ0n) is 16.6. The van der Waals surface area contributed by atoms with E-state index in [4.69, 9.17) is 16.3 Å². The van der Waals surface area contributed by atoms with Crippen molar-refractivity contribution in [2.75, 3.05) is 13.1 Å². The summed E-state index contributed by atoms with van der Waals surface area (Å²) in [4.78, 5) is 14.3. The fraction of sp³-hybridized carbons (Fsp3) is 0.619. The number of ether oxygens (including phenoxy) is 1. The van der Waals surface area contributed by atoms with Gasteiger partial charge in [0.2, 0.25) is 0 Å². The van der Waals surface area contributed by atoms with Gasteiger partial charge in [0.25, 0.3) is 0 Å². The SMILES string of the molecule is CC(C)(C)OC(=O)N1CC2CCC(C1)C2CC(O)c1cc(Cl)cc2cn[nH]c12. The number of fused-ring (bicyclic) bond motifs is 3. The van der Waals surface area contributed by atoms with Gasteiger partial charge in [0.05, 0.1) is 17.8 Å². The van der Waals surface area contributed by atoms with Crippen LogP contribution in [0.4, 0.5) is 4.79 Å². The zero-order valence-corrected chi connectivity index (χ0v) is 17.4. The number of piperidine rings is 1. The third-order valence-corrected chi connectivity index (χ3v) is 6.30. The number of nitrogens with zero attached hydrogens (tertiary/aromatic N) is 2. The number of nitrogens with one attached hydrogen (secondary N) is 1. The van der Waals surface area contributed by atoms with E-state index in [1.807, 2.05) is 37.8 Å². The van der Waals surface area contributed by atoms with Crippen LogP contribution in [0.3, 0.4) is 0 Å². The summed E-state index contributed by atoms with van der Waals surface area (Å²) in [6, 6.07) is 3.67.